The number of hydrogen-bond donors (Lipinski definition) is 1. The number of hydrazine groups is 1. The Morgan fingerprint density at radius 3 is 2.50 bits per heavy atom. The summed E-state index contributed by atoms with van der Waals surface area (Å²) in [5.41, 5.74) is 5.48. The van der Waals surface area contributed by atoms with Gasteiger partial charge in [-0.2, -0.15) is 0 Å². The quantitative estimate of drug-likeness (QED) is 0.482. The number of carbonyl (C=O) groups excluding carboxylic acids is 1. The van der Waals surface area contributed by atoms with Crippen LogP contribution in [0, 0.1) is 0 Å². The lowest BCUT2D eigenvalue weighted by atomic mass is 10.1. The van der Waals surface area contributed by atoms with Crippen molar-refractivity contribution in [3.8, 4) is 11.3 Å². The lowest BCUT2D eigenvalue weighted by molar-refractivity contribution is 0.0783. The van der Waals surface area contributed by atoms with Gasteiger partial charge in [0.2, 0.25) is 5.95 Å². The molecule has 32 heavy (non-hydrogen) atoms. The van der Waals surface area contributed by atoms with Gasteiger partial charge in [0.1, 0.15) is 0 Å². The number of amides is 1. The zero-order valence-electron chi connectivity index (χ0n) is 18.1. The molecule has 7 heteroatoms. The van der Waals surface area contributed by atoms with Gasteiger partial charge in [-0.05, 0) is 69.2 Å². The van der Waals surface area contributed by atoms with Crippen LogP contribution in [0.4, 0.5) is 5.95 Å². The molecule has 1 saturated heterocycles. The lowest BCUT2D eigenvalue weighted by Gasteiger charge is -2.28. The Bertz CT molecular complexity index is 1010. The van der Waals surface area contributed by atoms with Gasteiger partial charge >= 0.3 is 0 Å². The number of halogens is 1. The molecule has 1 aliphatic rings. The topological polar surface area (TPSA) is 61.4 Å². The minimum Gasteiger partial charge on any atom is -0.303 e. The Balaban J connectivity index is 1.48. The van der Waals surface area contributed by atoms with E-state index in [9.17, 15) is 4.79 Å². The van der Waals surface area contributed by atoms with E-state index in [1.165, 1.54) is 19.3 Å². The molecule has 1 amide bonds. The molecule has 2 heterocycles. The summed E-state index contributed by atoms with van der Waals surface area (Å²) in [7, 11) is 0. The van der Waals surface area contributed by atoms with Crippen LogP contribution >= 0.6 is 11.6 Å². The van der Waals surface area contributed by atoms with Gasteiger partial charge in [-0.25, -0.2) is 15.0 Å². The van der Waals surface area contributed by atoms with Crippen LogP contribution in [-0.4, -0.2) is 52.0 Å². The molecular weight excluding hydrogens is 422 g/mol. The third kappa shape index (κ3) is 6.05. The summed E-state index contributed by atoms with van der Waals surface area (Å²) in [5, 5.41) is 2.30. The monoisotopic (exact) mass is 449 g/mol. The number of rotatable bonds is 8. The summed E-state index contributed by atoms with van der Waals surface area (Å²) >= 11 is 6.00. The Kier molecular flexibility index (Phi) is 7.69. The molecule has 0 spiro atoms. The second-order valence-corrected chi connectivity index (χ2v) is 8.40. The molecule has 2 aromatic carbocycles. The van der Waals surface area contributed by atoms with Gasteiger partial charge in [-0.3, -0.25) is 10.2 Å². The van der Waals surface area contributed by atoms with Crippen LogP contribution in [0.5, 0.6) is 0 Å². The highest BCUT2D eigenvalue weighted by Gasteiger charge is 2.18. The van der Waals surface area contributed by atoms with E-state index in [4.69, 9.17) is 11.6 Å². The maximum absolute atomic E-state index is 13.2. The van der Waals surface area contributed by atoms with Gasteiger partial charge in [-0.15, -0.1) is 0 Å². The van der Waals surface area contributed by atoms with Crippen LogP contribution in [-0.2, 0) is 0 Å². The highest BCUT2D eigenvalue weighted by molar-refractivity contribution is 6.30. The fourth-order valence-corrected chi connectivity index (χ4v) is 4.02. The summed E-state index contributed by atoms with van der Waals surface area (Å²) in [6, 6.07) is 18.6. The second-order valence-electron chi connectivity index (χ2n) is 7.96. The zero-order valence-corrected chi connectivity index (χ0v) is 18.8. The fourth-order valence-electron chi connectivity index (χ4n) is 3.89. The predicted octanol–water partition coefficient (Wildman–Crippen LogP) is 5.14. The lowest BCUT2D eigenvalue weighted by Crippen LogP contribution is -2.39. The molecule has 1 N–H and O–H groups in total. The van der Waals surface area contributed by atoms with Crippen molar-refractivity contribution in [3.63, 3.8) is 0 Å². The van der Waals surface area contributed by atoms with Crippen LogP contribution in [0.2, 0.25) is 5.02 Å². The number of aromatic nitrogens is 2. The number of piperidine rings is 1. The van der Waals surface area contributed by atoms with Crippen molar-refractivity contribution in [2.24, 2.45) is 0 Å². The van der Waals surface area contributed by atoms with Crippen molar-refractivity contribution in [1.82, 2.24) is 19.9 Å². The highest BCUT2D eigenvalue weighted by atomic mass is 35.5. The Hall–Kier alpha value is -2.96. The largest absolute Gasteiger partial charge is 0.303 e. The molecule has 0 saturated carbocycles. The summed E-state index contributed by atoms with van der Waals surface area (Å²) in [6.07, 6.45) is 6.41. The van der Waals surface area contributed by atoms with Gasteiger partial charge < -0.3 is 4.90 Å². The van der Waals surface area contributed by atoms with Crippen molar-refractivity contribution in [1.29, 1.82) is 0 Å². The van der Waals surface area contributed by atoms with Crippen molar-refractivity contribution >= 4 is 23.5 Å². The van der Waals surface area contributed by atoms with Gasteiger partial charge in [0.25, 0.3) is 5.91 Å². The molecule has 4 rings (SSSR count). The Labute approximate surface area is 194 Å². The number of nitrogens with zero attached hydrogens (tertiary/aromatic N) is 4. The predicted molar refractivity (Wildman–Crippen MR) is 128 cm³/mol. The Morgan fingerprint density at radius 1 is 1.00 bits per heavy atom. The van der Waals surface area contributed by atoms with Gasteiger partial charge in [0.15, 0.2) is 0 Å². The van der Waals surface area contributed by atoms with Crippen LogP contribution in [0.25, 0.3) is 11.3 Å². The van der Waals surface area contributed by atoms with Crippen molar-refractivity contribution < 1.29 is 4.79 Å². The van der Waals surface area contributed by atoms with Crippen molar-refractivity contribution in [2.45, 2.75) is 25.7 Å². The molecular formula is C25H28ClN5O. The van der Waals surface area contributed by atoms with E-state index in [1.54, 1.807) is 11.2 Å². The number of carbonyl (C=O) groups is 1. The van der Waals surface area contributed by atoms with Crippen LogP contribution in [0.1, 0.15) is 36.0 Å². The van der Waals surface area contributed by atoms with Gasteiger partial charge in [0, 0.05) is 28.9 Å². The van der Waals surface area contributed by atoms with E-state index in [-0.39, 0.29) is 5.91 Å². The third-order valence-corrected chi connectivity index (χ3v) is 5.85. The van der Waals surface area contributed by atoms with Crippen LogP contribution in [0.15, 0.2) is 66.9 Å². The maximum atomic E-state index is 13.2. The third-order valence-electron chi connectivity index (χ3n) is 5.60. The van der Waals surface area contributed by atoms with Crippen LogP contribution in [0.3, 0.4) is 0 Å². The first kappa shape index (κ1) is 22.2. The minimum atomic E-state index is -0.0928. The van der Waals surface area contributed by atoms with Crippen molar-refractivity contribution in [3.05, 3.63) is 77.4 Å². The van der Waals surface area contributed by atoms with E-state index in [0.717, 1.165) is 37.3 Å². The first-order valence-electron chi connectivity index (χ1n) is 11.1. The molecule has 1 aliphatic heterocycles. The van der Waals surface area contributed by atoms with E-state index in [0.29, 0.717) is 23.1 Å². The first-order chi connectivity index (χ1) is 15.7. The molecule has 166 valence electrons. The van der Waals surface area contributed by atoms with E-state index >= 15 is 0 Å². The van der Waals surface area contributed by atoms with E-state index in [2.05, 4.69) is 20.3 Å². The smallest absolute Gasteiger partial charge is 0.272 e. The molecule has 0 aliphatic carbocycles. The molecule has 6 nitrogen and oxygen atoms in total. The summed E-state index contributed by atoms with van der Waals surface area (Å²) < 4.78 is 0. The number of anilines is 1. The minimum absolute atomic E-state index is 0.0928. The standard InChI is InChI=1S/C25H28ClN5O/c26-22-12-10-20(11-13-22)23-14-15-27-25(28-23)29-31(24(32)21-8-3-1-4-9-21)19-7-18-30-16-5-2-6-17-30/h1,3-4,8-15H,2,5-7,16-19H2,(H,27,28,29). The Morgan fingerprint density at radius 2 is 1.75 bits per heavy atom. The summed E-state index contributed by atoms with van der Waals surface area (Å²) in [5.74, 6) is 0.296. The average Bonchev–Trinajstić information content (AvgIpc) is 2.85. The van der Waals surface area contributed by atoms with Crippen LogP contribution < -0.4 is 5.43 Å². The van der Waals surface area contributed by atoms with E-state index < -0.39 is 0 Å². The molecule has 0 unspecified atom stereocenters. The summed E-state index contributed by atoms with van der Waals surface area (Å²) in [6.45, 7) is 3.84. The average molecular weight is 450 g/mol. The van der Waals surface area contributed by atoms with Gasteiger partial charge in [0.05, 0.1) is 5.69 Å². The van der Waals surface area contributed by atoms with Gasteiger partial charge in [-0.1, -0.05) is 48.4 Å². The molecule has 0 atom stereocenters. The normalized spacial score (nSPS) is 14.2. The molecule has 1 fully saturated rings. The SMILES string of the molecule is O=C(c1ccccc1)N(CCCN1CCCCC1)Nc1nccc(-c2ccc(Cl)cc2)n1. The highest BCUT2D eigenvalue weighted by Crippen LogP contribution is 2.20. The fraction of sp³-hybridized carbons (Fsp3) is 0.320. The maximum Gasteiger partial charge on any atom is 0.272 e. The molecule has 1 aromatic heterocycles. The van der Waals surface area contributed by atoms with Crippen molar-refractivity contribution in [2.75, 3.05) is 31.6 Å². The molecule has 0 radical (unpaired) electrons. The summed E-state index contributed by atoms with van der Waals surface area (Å²) in [4.78, 5) is 24.6. The molecule has 3 aromatic rings. The molecule has 0 bridgehead atoms. The first-order valence-corrected chi connectivity index (χ1v) is 11.5. The van der Waals surface area contributed by atoms with E-state index in [1.807, 2.05) is 60.7 Å². The number of nitrogens with one attached hydrogen (secondary N) is 1. The number of hydrogen-bond acceptors (Lipinski definition) is 5. The number of benzene rings is 2. The second kappa shape index (κ2) is 11.1. The number of likely N-dealkylation sites (tertiary alicyclic amines) is 1. The zero-order chi connectivity index (χ0) is 22.2.